The summed E-state index contributed by atoms with van der Waals surface area (Å²) in [7, 11) is 0. The Bertz CT molecular complexity index is 560. The van der Waals surface area contributed by atoms with E-state index in [1.165, 1.54) is 22.8 Å². The fourth-order valence-electron chi connectivity index (χ4n) is 2.44. The highest BCUT2D eigenvalue weighted by Crippen LogP contribution is 2.19. The molecule has 0 aliphatic heterocycles. The summed E-state index contributed by atoms with van der Waals surface area (Å²) in [6.45, 7) is 4.04. The summed E-state index contributed by atoms with van der Waals surface area (Å²) in [5.41, 5.74) is 4.76. The summed E-state index contributed by atoms with van der Waals surface area (Å²) in [6.07, 6.45) is 1.85. The number of benzene rings is 2. The van der Waals surface area contributed by atoms with Crippen LogP contribution in [0, 0.1) is 25.6 Å². The molecule has 0 amide bonds. The van der Waals surface area contributed by atoms with Crippen LogP contribution < -0.4 is 0 Å². The molecular weight excluding hydrogens is 271 g/mol. The first-order valence-electron chi connectivity index (χ1n) is 6.95. The topological polar surface area (TPSA) is 0 Å². The first-order chi connectivity index (χ1) is 9.58. The Morgan fingerprint density at radius 2 is 1.70 bits per heavy atom. The molecule has 2 rings (SSSR count). The van der Waals surface area contributed by atoms with Crippen molar-refractivity contribution in [3.8, 4) is 0 Å². The molecule has 2 heteroatoms. The molecule has 0 bridgehead atoms. The standard InChI is InChI=1S/C18H20ClF/c1-13-3-5-15(6-4-13)10-16(12-19)11-17-7-8-18(20)9-14(17)2/h3-9,16H,10-12H2,1-2H3. The second kappa shape index (κ2) is 6.90. The molecule has 0 radical (unpaired) electrons. The normalized spacial score (nSPS) is 12.4. The SMILES string of the molecule is Cc1ccc(CC(CCl)Cc2ccc(F)cc2C)cc1. The Morgan fingerprint density at radius 1 is 1.00 bits per heavy atom. The quantitative estimate of drug-likeness (QED) is 0.673. The van der Waals surface area contributed by atoms with E-state index in [0.29, 0.717) is 11.8 Å². The van der Waals surface area contributed by atoms with Crippen molar-refractivity contribution in [2.75, 3.05) is 5.88 Å². The molecule has 0 aliphatic rings. The fourth-order valence-corrected chi connectivity index (χ4v) is 2.66. The van der Waals surface area contributed by atoms with E-state index in [2.05, 4.69) is 31.2 Å². The lowest BCUT2D eigenvalue weighted by atomic mass is 9.92. The van der Waals surface area contributed by atoms with E-state index in [0.717, 1.165) is 18.4 Å². The number of halogens is 2. The highest BCUT2D eigenvalue weighted by atomic mass is 35.5. The van der Waals surface area contributed by atoms with Crippen LogP contribution in [-0.4, -0.2) is 5.88 Å². The third kappa shape index (κ3) is 4.08. The predicted molar refractivity (Wildman–Crippen MR) is 83.9 cm³/mol. The van der Waals surface area contributed by atoms with E-state index < -0.39 is 0 Å². The number of aryl methyl sites for hydroxylation is 2. The van der Waals surface area contributed by atoms with Gasteiger partial charge in [-0.1, -0.05) is 35.9 Å². The molecule has 1 unspecified atom stereocenters. The molecule has 0 fully saturated rings. The molecule has 0 heterocycles. The Hall–Kier alpha value is -1.34. The van der Waals surface area contributed by atoms with Gasteiger partial charge in [0.05, 0.1) is 0 Å². The average molecular weight is 291 g/mol. The number of alkyl halides is 1. The lowest BCUT2D eigenvalue weighted by Gasteiger charge is -2.16. The minimum Gasteiger partial charge on any atom is -0.207 e. The van der Waals surface area contributed by atoms with Gasteiger partial charge >= 0.3 is 0 Å². The van der Waals surface area contributed by atoms with E-state index >= 15 is 0 Å². The predicted octanol–water partition coefficient (Wildman–Crippen LogP) is 5.08. The summed E-state index contributed by atoms with van der Waals surface area (Å²) >= 11 is 6.11. The van der Waals surface area contributed by atoms with Gasteiger partial charge in [-0.25, -0.2) is 4.39 Å². The van der Waals surface area contributed by atoms with Crippen LogP contribution in [-0.2, 0) is 12.8 Å². The molecule has 0 saturated carbocycles. The van der Waals surface area contributed by atoms with Crippen LogP contribution in [0.1, 0.15) is 22.3 Å². The average Bonchev–Trinajstić information content (AvgIpc) is 2.43. The van der Waals surface area contributed by atoms with E-state index in [4.69, 9.17) is 11.6 Å². The molecule has 0 nitrogen and oxygen atoms in total. The maximum atomic E-state index is 13.1. The minimum atomic E-state index is -0.174. The first kappa shape index (κ1) is 15.1. The summed E-state index contributed by atoms with van der Waals surface area (Å²) in [5.74, 6) is 0.820. The van der Waals surface area contributed by atoms with Gasteiger partial charge in [-0.05, 0) is 61.4 Å². The van der Waals surface area contributed by atoms with Gasteiger partial charge in [0.2, 0.25) is 0 Å². The van der Waals surface area contributed by atoms with Gasteiger partial charge in [0, 0.05) is 5.88 Å². The van der Waals surface area contributed by atoms with Gasteiger partial charge in [0.15, 0.2) is 0 Å². The second-order valence-corrected chi connectivity index (χ2v) is 5.79. The van der Waals surface area contributed by atoms with Gasteiger partial charge in [-0.2, -0.15) is 0 Å². The Kier molecular flexibility index (Phi) is 5.19. The molecule has 2 aromatic rings. The molecule has 0 N–H and O–H groups in total. The van der Waals surface area contributed by atoms with Crippen molar-refractivity contribution in [3.05, 3.63) is 70.5 Å². The first-order valence-corrected chi connectivity index (χ1v) is 7.48. The smallest absolute Gasteiger partial charge is 0.123 e. The maximum Gasteiger partial charge on any atom is 0.123 e. The lowest BCUT2D eigenvalue weighted by molar-refractivity contribution is 0.579. The van der Waals surface area contributed by atoms with E-state index in [1.807, 2.05) is 13.0 Å². The van der Waals surface area contributed by atoms with Crippen molar-refractivity contribution in [1.29, 1.82) is 0 Å². The molecular formula is C18H20ClF. The Balaban J connectivity index is 2.07. The van der Waals surface area contributed by atoms with Gasteiger partial charge in [0.25, 0.3) is 0 Å². The third-order valence-electron chi connectivity index (χ3n) is 3.68. The van der Waals surface area contributed by atoms with Crippen molar-refractivity contribution in [2.45, 2.75) is 26.7 Å². The van der Waals surface area contributed by atoms with Crippen molar-refractivity contribution < 1.29 is 4.39 Å². The van der Waals surface area contributed by atoms with Gasteiger partial charge < -0.3 is 0 Å². The van der Waals surface area contributed by atoms with Crippen molar-refractivity contribution >= 4 is 11.6 Å². The monoisotopic (exact) mass is 290 g/mol. The van der Waals surface area contributed by atoms with Gasteiger partial charge in [-0.3, -0.25) is 0 Å². The molecule has 0 saturated heterocycles. The summed E-state index contributed by atoms with van der Waals surface area (Å²) in [4.78, 5) is 0. The van der Waals surface area contributed by atoms with Crippen LogP contribution in [0.3, 0.4) is 0 Å². The van der Waals surface area contributed by atoms with Crippen molar-refractivity contribution in [3.63, 3.8) is 0 Å². The third-order valence-corrected chi connectivity index (χ3v) is 4.11. The zero-order chi connectivity index (χ0) is 14.5. The Morgan fingerprint density at radius 3 is 2.30 bits per heavy atom. The minimum absolute atomic E-state index is 0.174. The summed E-state index contributed by atoms with van der Waals surface area (Å²) < 4.78 is 13.1. The van der Waals surface area contributed by atoms with E-state index in [9.17, 15) is 4.39 Å². The van der Waals surface area contributed by atoms with Crippen LogP contribution in [0.2, 0.25) is 0 Å². The zero-order valence-corrected chi connectivity index (χ0v) is 12.8. The molecule has 0 spiro atoms. The molecule has 0 aromatic heterocycles. The number of hydrogen-bond donors (Lipinski definition) is 0. The molecule has 106 valence electrons. The van der Waals surface area contributed by atoms with Crippen molar-refractivity contribution in [1.82, 2.24) is 0 Å². The molecule has 20 heavy (non-hydrogen) atoms. The van der Waals surface area contributed by atoms with Crippen LogP contribution in [0.4, 0.5) is 4.39 Å². The highest BCUT2D eigenvalue weighted by molar-refractivity contribution is 6.18. The van der Waals surface area contributed by atoms with Gasteiger partial charge in [0.1, 0.15) is 5.82 Å². The van der Waals surface area contributed by atoms with Gasteiger partial charge in [-0.15, -0.1) is 11.6 Å². The molecule has 2 aromatic carbocycles. The van der Waals surface area contributed by atoms with E-state index in [-0.39, 0.29) is 5.82 Å². The fraction of sp³-hybridized carbons (Fsp3) is 0.333. The van der Waals surface area contributed by atoms with Crippen LogP contribution >= 0.6 is 11.6 Å². The largest absolute Gasteiger partial charge is 0.207 e. The van der Waals surface area contributed by atoms with E-state index in [1.54, 1.807) is 6.07 Å². The zero-order valence-electron chi connectivity index (χ0n) is 12.0. The molecule has 1 atom stereocenters. The van der Waals surface area contributed by atoms with Crippen molar-refractivity contribution in [2.24, 2.45) is 5.92 Å². The maximum absolute atomic E-state index is 13.1. The Labute approximate surface area is 125 Å². The van der Waals surface area contributed by atoms with Crippen LogP contribution in [0.15, 0.2) is 42.5 Å². The number of hydrogen-bond acceptors (Lipinski definition) is 0. The summed E-state index contributed by atoms with van der Waals surface area (Å²) in [5, 5.41) is 0. The number of rotatable bonds is 5. The summed E-state index contributed by atoms with van der Waals surface area (Å²) in [6, 6.07) is 13.6. The second-order valence-electron chi connectivity index (χ2n) is 5.48. The lowest BCUT2D eigenvalue weighted by Crippen LogP contribution is -2.11. The van der Waals surface area contributed by atoms with Crippen LogP contribution in [0.5, 0.6) is 0 Å². The molecule has 0 aliphatic carbocycles. The highest BCUT2D eigenvalue weighted by Gasteiger charge is 2.11. The van der Waals surface area contributed by atoms with Crippen LogP contribution in [0.25, 0.3) is 0 Å².